The second-order valence-corrected chi connectivity index (χ2v) is 7.36. The molecular weight excluding hydrogens is 330 g/mol. The van der Waals surface area contributed by atoms with Gasteiger partial charge in [-0.15, -0.1) is 0 Å². The lowest BCUT2D eigenvalue weighted by Gasteiger charge is -2.11. The molecule has 0 bridgehead atoms. The Morgan fingerprint density at radius 1 is 1.25 bits per heavy atom. The minimum absolute atomic E-state index is 0.173. The third kappa shape index (κ3) is 4.45. The number of nitrogens with one attached hydrogen (secondary N) is 2. The Morgan fingerprint density at radius 2 is 2.04 bits per heavy atom. The highest BCUT2D eigenvalue weighted by molar-refractivity contribution is 7.92. The minimum Gasteiger partial charge on any atom is -0.438 e. The van der Waals surface area contributed by atoms with Crippen molar-refractivity contribution < 1.29 is 17.9 Å². The molecule has 0 atom stereocenters. The predicted molar refractivity (Wildman–Crippen MR) is 89.7 cm³/mol. The van der Waals surface area contributed by atoms with Crippen LogP contribution in [0.1, 0.15) is 23.2 Å². The molecule has 0 aliphatic heterocycles. The van der Waals surface area contributed by atoms with Crippen molar-refractivity contribution in [3.05, 3.63) is 48.2 Å². The highest BCUT2D eigenvalue weighted by atomic mass is 32.2. The molecule has 0 radical (unpaired) electrons. The number of pyridine rings is 1. The molecule has 8 heteroatoms. The Bertz CT molecular complexity index is 863. The van der Waals surface area contributed by atoms with Crippen molar-refractivity contribution in [1.29, 1.82) is 0 Å². The molecule has 1 fully saturated rings. The number of hydrogen-bond acceptors (Lipinski definition) is 5. The highest BCUT2D eigenvalue weighted by Gasteiger charge is 2.25. The molecule has 2 aromatic rings. The van der Waals surface area contributed by atoms with E-state index in [2.05, 4.69) is 15.0 Å². The quantitative estimate of drug-likeness (QED) is 0.834. The third-order valence-electron chi connectivity index (χ3n) is 3.28. The Hall–Kier alpha value is -2.61. The van der Waals surface area contributed by atoms with Crippen molar-refractivity contribution in [3.8, 4) is 11.6 Å². The van der Waals surface area contributed by atoms with Gasteiger partial charge in [-0.1, -0.05) is 6.07 Å². The lowest BCUT2D eigenvalue weighted by Crippen LogP contribution is -2.25. The molecule has 126 valence electrons. The second kappa shape index (κ2) is 6.48. The van der Waals surface area contributed by atoms with E-state index in [9.17, 15) is 13.2 Å². The van der Waals surface area contributed by atoms with Crippen LogP contribution in [0.2, 0.25) is 0 Å². The Balaban J connectivity index is 1.81. The van der Waals surface area contributed by atoms with Gasteiger partial charge < -0.3 is 10.1 Å². The van der Waals surface area contributed by atoms with Gasteiger partial charge in [-0.3, -0.25) is 9.52 Å². The molecule has 3 rings (SSSR count). The Labute approximate surface area is 140 Å². The van der Waals surface area contributed by atoms with Gasteiger partial charge in [-0.25, -0.2) is 13.4 Å². The van der Waals surface area contributed by atoms with Gasteiger partial charge in [0.1, 0.15) is 11.3 Å². The van der Waals surface area contributed by atoms with Crippen LogP contribution >= 0.6 is 0 Å². The van der Waals surface area contributed by atoms with Gasteiger partial charge in [0.25, 0.3) is 5.91 Å². The average Bonchev–Trinajstić information content (AvgIpc) is 3.30. The zero-order valence-corrected chi connectivity index (χ0v) is 13.8. The molecule has 24 heavy (non-hydrogen) atoms. The molecule has 1 aromatic carbocycles. The van der Waals surface area contributed by atoms with Gasteiger partial charge in [0.15, 0.2) is 0 Å². The summed E-state index contributed by atoms with van der Waals surface area (Å²) in [5, 5.41) is 2.89. The first-order valence-corrected chi connectivity index (χ1v) is 9.31. The van der Waals surface area contributed by atoms with Crippen LogP contribution in [-0.4, -0.2) is 31.6 Å². The summed E-state index contributed by atoms with van der Waals surface area (Å²) in [5.74, 6) is 0.320. The SMILES string of the molecule is CS(=O)(=O)Nc1cccc(Oc2ncccc2C(=O)NC2CC2)c1. The van der Waals surface area contributed by atoms with Crippen LogP contribution < -0.4 is 14.8 Å². The van der Waals surface area contributed by atoms with Gasteiger partial charge in [-0.05, 0) is 37.1 Å². The van der Waals surface area contributed by atoms with E-state index in [-0.39, 0.29) is 17.8 Å². The number of hydrogen-bond donors (Lipinski definition) is 2. The highest BCUT2D eigenvalue weighted by Crippen LogP contribution is 2.26. The zero-order valence-electron chi connectivity index (χ0n) is 13.0. The van der Waals surface area contributed by atoms with Crippen molar-refractivity contribution in [1.82, 2.24) is 10.3 Å². The Morgan fingerprint density at radius 3 is 2.75 bits per heavy atom. The fraction of sp³-hybridized carbons (Fsp3) is 0.250. The third-order valence-corrected chi connectivity index (χ3v) is 3.89. The maximum Gasteiger partial charge on any atom is 0.257 e. The number of benzene rings is 1. The summed E-state index contributed by atoms with van der Waals surface area (Å²) >= 11 is 0. The van der Waals surface area contributed by atoms with E-state index in [1.807, 2.05) is 0 Å². The van der Waals surface area contributed by atoms with Crippen molar-refractivity contribution in [3.63, 3.8) is 0 Å². The number of amides is 1. The fourth-order valence-corrected chi connectivity index (χ4v) is 2.64. The average molecular weight is 347 g/mol. The summed E-state index contributed by atoms with van der Waals surface area (Å²) < 4.78 is 30.7. The summed E-state index contributed by atoms with van der Waals surface area (Å²) in [6.45, 7) is 0. The number of carbonyl (C=O) groups is 1. The van der Waals surface area contributed by atoms with E-state index in [1.165, 1.54) is 12.3 Å². The normalized spacial score (nSPS) is 14.0. The molecule has 1 heterocycles. The number of aromatic nitrogens is 1. The van der Waals surface area contributed by atoms with Crippen molar-refractivity contribution in [2.24, 2.45) is 0 Å². The van der Waals surface area contributed by atoms with E-state index in [1.54, 1.807) is 30.3 Å². The maximum atomic E-state index is 12.2. The van der Waals surface area contributed by atoms with E-state index in [0.717, 1.165) is 19.1 Å². The summed E-state index contributed by atoms with van der Waals surface area (Å²) in [6, 6.07) is 9.97. The van der Waals surface area contributed by atoms with Crippen molar-refractivity contribution in [2.45, 2.75) is 18.9 Å². The predicted octanol–water partition coefficient (Wildman–Crippen LogP) is 2.14. The molecule has 1 aliphatic carbocycles. The van der Waals surface area contributed by atoms with Gasteiger partial charge in [0.05, 0.1) is 11.9 Å². The molecule has 1 saturated carbocycles. The number of anilines is 1. The number of nitrogens with zero attached hydrogens (tertiary/aromatic N) is 1. The van der Waals surface area contributed by atoms with Crippen molar-refractivity contribution >= 4 is 21.6 Å². The van der Waals surface area contributed by atoms with Gasteiger partial charge in [-0.2, -0.15) is 0 Å². The largest absolute Gasteiger partial charge is 0.438 e. The number of ether oxygens (including phenoxy) is 1. The molecule has 1 aromatic heterocycles. The molecule has 1 aliphatic rings. The molecule has 1 amide bonds. The number of sulfonamides is 1. The topological polar surface area (TPSA) is 97.4 Å². The maximum absolute atomic E-state index is 12.2. The van der Waals surface area contributed by atoms with Gasteiger partial charge in [0, 0.05) is 18.3 Å². The molecular formula is C16H17N3O4S. The zero-order chi connectivity index (χ0) is 17.2. The number of carbonyl (C=O) groups excluding carboxylic acids is 1. The Kier molecular flexibility index (Phi) is 4.39. The first kappa shape index (κ1) is 16.3. The molecule has 7 nitrogen and oxygen atoms in total. The van der Waals surface area contributed by atoms with Gasteiger partial charge >= 0.3 is 0 Å². The molecule has 2 N–H and O–H groups in total. The van der Waals surface area contributed by atoms with Crippen LogP contribution in [0.4, 0.5) is 5.69 Å². The molecule has 0 saturated heterocycles. The monoisotopic (exact) mass is 347 g/mol. The molecule has 0 spiro atoms. The van der Waals surface area contributed by atoms with Crippen LogP contribution in [0.25, 0.3) is 0 Å². The van der Waals surface area contributed by atoms with Gasteiger partial charge in [0.2, 0.25) is 15.9 Å². The minimum atomic E-state index is -3.38. The van der Waals surface area contributed by atoms with Crippen LogP contribution in [0.5, 0.6) is 11.6 Å². The standard InChI is InChI=1S/C16H17N3O4S/c1-24(21,22)19-12-4-2-5-13(10-12)23-16-14(6-3-9-17-16)15(20)18-11-7-8-11/h2-6,9-11,19H,7-8H2,1H3,(H,18,20). The summed E-state index contributed by atoms with van der Waals surface area (Å²) in [4.78, 5) is 16.3. The first-order valence-electron chi connectivity index (χ1n) is 7.42. The van der Waals surface area contributed by atoms with Crippen molar-refractivity contribution in [2.75, 3.05) is 11.0 Å². The van der Waals surface area contributed by atoms with E-state index < -0.39 is 10.0 Å². The summed E-state index contributed by atoms with van der Waals surface area (Å²) in [7, 11) is -3.38. The number of rotatable bonds is 6. The first-order chi connectivity index (χ1) is 11.4. The fourth-order valence-electron chi connectivity index (χ4n) is 2.08. The smallest absolute Gasteiger partial charge is 0.257 e. The van der Waals surface area contributed by atoms with E-state index in [4.69, 9.17) is 4.74 Å². The van der Waals surface area contributed by atoms with E-state index >= 15 is 0 Å². The van der Waals surface area contributed by atoms with E-state index in [0.29, 0.717) is 17.0 Å². The molecule has 0 unspecified atom stereocenters. The second-order valence-electron chi connectivity index (χ2n) is 5.61. The lowest BCUT2D eigenvalue weighted by molar-refractivity contribution is 0.0948. The summed E-state index contributed by atoms with van der Waals surface area (Å²) in [5.41, 5.74) is 0.709. The van der Waals surface area contributed by atoms with Crippen LogP contribution in [0.15, 0.2) is 42.6 Å². The van der Waals surface area contributed by atoms with Crippen LogP contribution in [0, 0.1) is 0 Å². The van der Waals surface area contributed by atoms with Crippen LogP contribution in [-0.2, 0) is 10.0 Å². The summed E-state index contributed by atoms with van der Waals surface area (Å²) in [6.07, 6.45) is 4.57. The van der Waals surface area contributed by atoms with Crippen LogP contribution in [0.3, 0.4) is 0 Å². The lowest BCUT2D eigenvalue weighted by atomic mass is 10.2.